The first-order valence-electron chi connectivity index (χ1n) is 19.4. The lowest BCUT2D eigenvalue weighted by molar-refractivity contribution is -0.138. The standard InChI is InChI=1S/C49H47FNO5PSi/c1-35(2)47-43(45(37-28-30-39(50)31-29-37)46(36-19-10-6-11-20-36)48(51-47)38-21-12-7-13-22-38)27-18-32-55-57(54)34-40(33-44(52)53)56-58(49(3,4)5,41-23-14-8-15-24-41)42-25-16-9-17-26-42/h6-17,19-26,28-31,35,40H,32-34H2,1-5H3/p+1. The van der Waals surface area contributed by atoms with E-state index in [0.717, 1.165) is 49.6 Å². The Balaban J connectivity index is 1.37. The van der Waals surface area contributed by atoms with Gasteiger partial charge in [0.1, 0.15) is 11.9 Å². The third kappa shape index (κ3) is 9.58. The highest BCUT2D eigenvalue weighted by atomic mass is 31.1. The van der Waals surface area contributed by atoms with Crippen LogP contribution in [0.15, 0.2) is 146 Å². The molecule has 0 saturated heterocycles. The van der Waals surface area contributed by atoms with Gasteiger partial charge in [0.25, 0.3) is 8.32 Å². The van der Waals surface area contributed by atoms with Crippen LogP contribution in [-0.4, -0.2) is 43.2 Å². The van der Waals surface area contributed by atoms with E-state index in [1.165, 1.54) is 12.1 Å². The molecule has 6 aromatic rings. The van der Waals surface area contributed by atoms with E-state index in [1.807, 2.05) is 121 Å². The second kappa shape index (κ2) is 18.8. The van der Waals surface area contributed by atoms with Gasteiger partial charge in [-0.05, 0) is 49.2 Å². The first-order chi connectivity index (χ1) is 27.9. The number of nitrogens with zero attached hydrogens (tertiary/aromatic N) is 1. The van der Waals surface area contributed by atoms with Crippen molar-refractivity contribution in [3.63, 3.8) is 0 Å². The largest absolute Gasteiger partial charge is 0.511 e. The zero-order valence-electron chi connectivity index (χ0n) is 33.5. The summed E-state index contributed by atoms with van der Waals surface area (Å²) in [4.78, 5) is 17.5. The van der Waals surface area contributed by atoms with Crippen molar-refractivity contribution in [2.75, 3.05) is 12.8 Å². The molecule has 0 saturated carbocycles. The number of carboxylic acid groups (broad SMARTS) is 1. The summed E-state index contributed by atoms with van der Waals surface area (Å²) >= 11 is 0. The zero-order chi connectivity index (χ0) is 41.3. The maximum Gasteiger partial charge on any atom is 0.511 e. The summed E-state index contributed by atoms with van der Waals surface area (Å²) in [6.07, 6.45) is -1.38. The Bertz CT molecular complexity index is 2350. The fourth-order valence-corrected chi connectivity index (χ4v) is 13.1. The van der Waals surface area contributed by atoms with Gasteiger partial charge in [-0.25, -0.2) is 4.39 Å². The molecule has 0 aliphatic heterocycles. The number of aliphatic carboxylic acids is 1. The van der Waals surface area contributed by atoms with Gasteiger partial charge < -0.3 is 9.53 Å². The molecule has 58 heavy (non-hydrogen) atoms. The lowest BCUT2D eigenvalue weighted by Gasteiger charge is -2.44. The van der Waals surface area contributed by atoms with Gasteiger partial charge in [0.15, 0.2) is 6.61 Å². The van der Waals surface area contributed by atoms with Crippen molar-refractivity contribution in [2.24, 2.45) is 0 Å². The van der Waals surface area contributed by atoms with Crippen LogP contribution in [0.4, 0.5) is 4.39 Å². The number of halogens is 1. The molecular weight excluding hydrogens is 761 g/mol. The average Bonchev–Trinajstić information content (AvgIpc) is 3.22. The molecule has 0 fully saturated rings. The van der Waals surface area contributed by atoms with Crippen molar-refractivity contribution >= 4 is 32.7 Å². The van der Waals surface area contributed by atoms with Crippen LogP contribution in [0, 0.1) is 17.7 Å². The molecule has 6 nitrogen and oxygen atoms in total. The molecule has 1 N–H and O–H groups in total. The Labute approximate surface area is 343 Å². The van der Waals surface area contributed by atoms with Crippen molar-refractivity contribution in [1.29, 1.82) is 0 Å². The highest BCUT2D eigenvalue weighted by molar-refractivity contribution is 7.39. The van der Waals surface area contributed by atoms with Crippen LogP contribution in [-0.2, 0) is 18.3 Å². The topological polar surface area (TPSA) is 85.7 Å². The minimum absolute atomic E-state index is 0.0382. The molecule has 1 aromatic heterocycles. The number of carboxylic acids is 1. The summed E-state index contributed by atoms with van der Waals surface area (Å²) < 4.78 is 41.0. The predicted molar refractivity (Wildman–Crippen MR) is 235 cm³/mol. The lowest BCUT2D eigenvalue weighted by atomic mass is 9.85. The Morgan fingerprint density at radius 1 is 0.759 bits per heavy atom. The number of aromatic nitrogens is 1. The SMILES string of the molecule is CC(C)c1nc(-c2ccccc2)c(-c2ccccc2)c(-c2ccc(F)cc2)c1C#CCO[P+](=O)CC(CC(=O)O)O[Si](c1ccccc1)(c1ccccc1)C(C)(C)C. The van der Waals surface area contributed by atoms with Crippen LogP contribution in [0.25, 0.3) is 33.5 Å². The minimum atomic E-state index is -3.16. The van der Waals surface area contributed by atoms with E-state index in [2.05, 4.69) is 46.5 Å². The zero-order valence-corrected chi connectivity index (χ0v) is 35.4. The molecule has 0 amide bonds. The molecule has 294 valence electrons. The summed E-state index contributed by atoms with van der Waals surface area (Å²) in [5.74, 6) is 4.99. The van der Waals surface area contributed by atoms with Gasteiger partial charge in [-0.15, -0.1) is 4.52 Å². The van der Waals surface area contributed by atoms with Crippen LogP contribution >= 0.6 is 8.03 Å². The first kappa shape index (κ1) is 42.1. The molecule has 5 aromatic carbocycles. The third-order valence-corrected chi connectivity index (χ3v) is 16.2. The summed E-state index contributed by atoms with van der Waals surface area (Å²) in [6, 6.07) is 46.2. The number of rotatable bonds is 14. The third-order valence-electron chi connectivity index (χ3n) is 10.0. The van der Waals surface area contributed by atoms with Crippen LogP contribution in [0.1, 0.15) is 58.2 Å². The molecule has 0 aliphatic rings. The quantitative estimate of drug-likeness (QED) is 0.0670. The van der Waals surface area contributed by atoms with Crippen molar-refractivity contribution in [3.8, 4) is 45.4 Å². The smallest absolute Gasteiger partial charge is 0.481 e. The van der Waals surface area contributed by atoms with Gasteiger partial charge in [-0.1, -0.05) is 180 Å². The predicted octanol–water partition coefficient (Wildman–Crippen LogP) is 10.9. The van der Waals surface area contributed by atoms with Crippen LogP contribution in [0.5, 0.6) is 0 Å². The monoisotopic (exact) mass is 808 g/mol. The second-order valence-corrected chi connectivity index (χ2v) is 21.0. The maximum atomic E-state index is 14.4. The normalized spacial score (nSPS) is 12.4. The van der Waals surface area contributed by atoms with E-state index in [4.69, 9.17) is 13.9 Å². The molecule has 1 heterocycles. The molecule has 6 rings (SSSR count). The van der Waals surface area contributed by atoms with Crippen molar-refractivity contribution in [2.45, 2.75) is 58.1 Å². The summed E-state index contributed by atoms with van der Waals surface area (Å²) in [6.45, 7) is 10.3. The van der Waals surface area contributed by atoms with Gasteiger partial charge in [-0.3, -0.25) is 9.78 Å². The number of pyridine rings is 1. The van der Waals surface area contributed by atoms with Crippen molar-refractivity contribution in [1.82, 2.24) is 4.98 Å². The van der Waals surface area contributed by atoms with Gasteiger partial charge in [0, 0.05) is 16.7 Å². The Morgan fingerprint density at radius 2 is 1.26 bits per heavy atom. The molecule has 2 atom stereocenters. The van der Waals surface area contributed by atoms with E-state index < -0.39 is 33.5 Å². The van der Waals surface area contributed by atoms with E-state index in [-0.39, 0.29) is 30.9 Å². The summed E-state index contributed by atoms with van der Waals surface area (Å²) in [7, 11) is -5.54. The van der Waals surface area contributed by atoms with Gasteiger partial charge in [-0.2, -0.15) is 0 Å². The fraction of sp³-hybridized carbons (Fsp3) is 0.224. The Morgan fingerprint density at radius 3 is 1.76 bits per heavy atom. The molecule has 0 aliphatic carbocycles. The molecule has 0 spiro atoms. The first-order valence-corrected chi connectivity index (χ1v) is 22.7. The second-order valence-electron chi connectivity index (χ2n) is 15.5. The molecule has 0 bridgehead atoms. The summed E-state index contributed by atoms with van der Waals surface area (Å²) in [5, 5.41) is 11.6. The van der Waals surface area contributed by atoms with E-state index >= 15 is 0 Å². The van der Waals surface area contributed by atoms with Crippen molar-refractivity contribution in [3.05, 3.63) is 163 Å². The minimum Gasteiger partial charge on any atom is -0.481 e. The van der Waals surface area contributed by atoms with Gasteiger partial charge in [0.2, 0.25) is 6.16 Å². The summed E-state index contributed by atoms with van der Waals surface area (Å²) in [5.41, 5.74) is 6.50. The van der Waals surface area contributed by atoms with Crippen LogP contribution in [0.3, 0.4) is 0 Å². The molecule has 0 radical (unpaired) electrons. The number of benzene rings is 5. The number of hydrogen-bond acceptors (Lipinski definition) is 5. The molecule has 2 unspecified atom stereocenters. The van der Waals surface area contributed by atoms with Crippen LogP contribution < -0.4 is 10.4 Å². The van der Waals surface area contributed by atoms with Crippen molar-refractivity contribution < 1.29 is 27.8 Å². The van der Waals surface area contributed by atoms with E-state index in [1.54, 1.807) is 12.1 Å². The fourth-order valence-electron chi connectivity index (χ4n) is 7.47. The van der Waals surface area contributed by atoms with E-state index in [9.17, 15) is 18.9 Å². The highest BCUT2D eigenvalue weighted by Gasteiger charge is 2.52. The van der Waals surface area contributed by atoms with Crippen LogP contribution in [0.2, 0.25) is 5.04 Å². The Kier molecular flexibility index (Phi) is 13.6. The highest BCUT2D eigenvalue weighted by Crippen LogP contribution is 2.44. The number of hydrogen-bond donors (Lipinski definition) is 1. The van der Waals surface area contributed by atoms with Gasteiger partial charge in [0.05, 0.1) is 23.4 Å². The molecule has 9 heteroatoms. The number of carbonyl (C=O) groups is 1. The van der Waals surface area contributed by atoms with Gasteiger partial charge >= 0.3 is 14.0 Å². The van der Waals surface area contributed by atoms with E-state index in [0.29, 0.717) is 5.56 Å². The maximum absolute atomic E-state index is 14.4. The Hall–Kier alpha value is -5.55. The molecular formula is C49H48FNO5PSi+. The lowest BCUT2D eigenvalue weighted by Crippen LogP contribution is -2.68. The average molecular weight is 809 g/mol.